The predicted molar refractivity (Wildman–Crippen MR) is 61.0 cm³/mol. The largest absolute Gasteiger partial charge is 0.327 e. The van der Waals surface area contributed by atoms with E-state index in [1.165, 1.54) is 6.92 Å². The van der Waals surface area contributed by atoms with Gasteiger partial charge in [0, 0.05) is 7.05 Å². The molecule has 2 N–H and O–H groups in total. The van der Waals surface area contributed by atoms with Gasteiger partial charge in [-0.25, -0.2) is 4.68 Å². The minimum absolute atomic E-state index is 0.0840. The lowest BCUT2D eigenvalue weighted by Crippen LogP contribution is -2.30. The van der Waals surface area contributed by atoms with E-state index in [2.05, 4.69) is 5.43 Å². The molecular weight excluding hydrogens is 210 g/mol. The van der Waals surface area contributed by atoms with Crippen molar-refractivity contribution in [3.05, 3.63) is 28.6 Å². The maximum absolute atomic E-state index is 11.3. The Morgan fingerprint density at radius 1 is 1.60 bits per heavy atom. The molecule has 2 aromatic rings. The zero-order chi connectivity index (χ0) is 11.0. The number of aromatic nitrogens is 1. The molecule has 0 aliphatic rings. The maximum Gasteiger partial charge on any atom is 0.163 e. The highest BCUT2D eigenvalue weighted by Gasteiger charge is 2.09. The van der Waals surface area contributed by atoms with Crippen LogP contribution in [-0.4, -0.2) is 17.5 Å². The summed E-state index contributed by atoms with van der Waals surface area (Å²) in [5, 5.41) is 9.83. The fraction of sp³-hybridized carbons (Fsp3) is 0.200. The number of carbonyl (C=O) groups is 1. The van der Waals surface area contributed by atoms with E-state index in [0.29, 0.717) is 5.56 Å². The molecule has 0 unspecified atom stereocenters. The van der Waals surface area contributed by atoms with Gasteiger partial charge < -0.3 is 5.43 Å². The highest BCUT2D eigenvalue weighted by Crippen LogP contribution is 2.19. The van der Waals surface area contributed by atoms with Gasteiger partial charge in [-0.3, -0.25) is 10.2 Å². The molecule has 0 aliphatic carbocycles. The topological polar surface area (TPSA) is 57.9 Å². The first-order valence-corrected chi connectivity index (χ1v) is 5.39. The fourth-order valence-corrected chi connectivity index (χ4v) is 2.36. The number of fused-ring (bicyclic) bond motifs is 1. The molecule has 0 bridgehead atoms. The molecule has 0 saturated heterocycles. The maximum atomic E-state index is 11.3. The first kappa shape index (κ1) is 9.92. The van der Waals surface area contributed by atoms with Crippen LogP contribution in [-0.2, 0) is 0 Å². The quantitative estimate of drug-likeness (QED) is 0.756. The van der Waals surface area contributed by atoms with Gasteiger partial charge in [-0.2, -0.15) is 0 Å². The Hall–Kier alpha value is -1.62. The standard InChI is InChI=1S/C10H11N3OS/c1-6(14)7-5-9-8(3-4-15-9)13(12-2)10(7)11/h3-5,11-12H,1-2H3. The lowest BCUT2D eigenvalue weighted by atomic mass is 10.2. The van der Waals surface area contributed by atoms with Crippen LogP contribution in [0.4, 0.5) is 0 Å². The Morgan fingerprint density at radius 2 is 2.33 bits per heavy atom. The Bertz CT molecular complexity index is 582. The van der Waals surface area contributed by atoms with E-state index >= 15 is 0 Å². The molecule has 5 heteroatoms. The van der Waals surface area contributed by atoms with E-state index in [-0.39, 0.29) is 11.3 Å². The van der Waals surface area contributed by atoms with E-state index in [9.17, 15) is 4.79 Å². The van der Waals surface area contributed by atoms with Gasteiger partial charge in [0.1, 0.15) is 0 Å². The minimum atomic E-state index is -0.0840. The summed E-state index contributed by atoms with van der Waals surface area (Å²) >= 11 is 1.56. The van der Waals surface area contributed by atoms with Gasteiger partial charge in [-0.05, 0) is 24.4 Å². The number of ketones is 1. The fourth-order valence-electron chi connectivity index (χ4n) is 1.55. The van der Waals surface area contributed by atoms with Crippen molar-refractivity contribution >= 4 is 27.3 Å². The smallest absolute Gasteiger partial charge is 0.163 e. The molecule has 0 saturated carbocycles. The van der Waals surface area contributed by atoms with Crippen molar-refractivity contribution < 1.29 is 4.79 Å². The van der Waals surface area contributed by atoms with Gasteiger partial charge in [-0.1, -0.05) is 0 Å². The normalized spacial score (nSPS) is 10.5. The van der Waals surface area contributed by atoms with E-state index in [4.69, 9.17) is 5.41 Å². The summed E-state index contributed by atoms with van der Waals surface area (Å²) in [7, 11) is 1.74. The Morgan fingerprint density at radius 3 is 2.93 bits per heavy atom. The lowest BCUT2D eigenvalue weighted by molar-refractivity contribution is 0.101. The van der Waals surface area contributed by atoms with Crippen molar-refractivity contribution in [3.63, 3.8) is 0 Å². The van der Waals surface area contributed by atoms with Crippen molar-refractivity contribution in [2.24, 2.45) is 0 Å². The third kappa shape index (κ3) is 1.45. The van der Waals surface area contributed by atoms with Crippen molar-refractivity contribution in [2.75, 3.05) is 12.5 Å². The second kappa shape index (κ2) is 3.51. The molecule has 0 spiro atoms. The summed E-state index contributed by atoms with van der Waals surface area (Å²) in [5.41, 5.74) is 4.48. The summed E-state index contributed by atoms with van der Waals surface area (Å²) < 4.78 is 2.62. The average Bonchev–Trinajstić information content (AvgIpc) is 2.64. The van der Waals surface area contributed by atoms with Crippen LogP contribution in [0, 0.1) is 5.41 Å². The van der Waals surface area contributed by atoms with Gasteiger partial charge in [0.2, 0.25) is 0 Å². The SMILES string of the molecule is CNn1c(=N)c(C(C)=O)cc2sccc21. The molecule has 78 valence electrons. The third-order valence-corrected chi connectivity index (χ3v) is 3.12. The van der Waals surface area contributed by atoms with Gasteiger partial charge >= 0.3 is 0 Å². The van der Waals surface area contributed by atoms with Gasteiger partial charge in [0.25, 0.3) is 0 Å². The molecule has 0 fully saturated rings. The molecule has 0 aromatic carbocycles. The number of Topliss-reactive ketones (excluding diaryl/α,β-unsaturated/α-hetero) is 1. The van der Waals surface area contributed by atoms with Gasteiger partial charge in [0.15, 0.2) is 11.3 Å². The van der Waals surface area contributed by atoms with Crippen LogP contribution >= 0.6 is 11.3 Å². The molecule has 2 aromatic heterocycles. The Kier molecular flexibility index (Phi) is 2.32. The van der Waals surface area contributed by atoms with Crippen LogP contribution in [0.5, 0.6) is 0 Å². The number of carbonyl (C=O) groups excluding carboxylic acids is 1. The number of hydrogen-bond donors (Lipinski definition) is 2. The first-order chi connectivity index (χ1) is 7.15. The Labute approximate surface area is 90.6 Å². The lowest BCUT2D eigenvalue weighted by Gasteiger charge is -2.09. The van der Waals surface area contributed by atoms with Crippen molar-refractivity contribution in [1.82, 2.24) is 4.68 Å². The zero-order valence-electron chi connectivity index (χ0n) is 8.50. The number of rotatable bonds is 2. The van der Waals surface area contributed by atoms with Crippen LogP contribution < -0.4 is 10.9 Å². The highest BCUT2D eigenvalue weighted by molar-refractivity contribution is 7.17. The predicted octanol–water partition coefficient (Wildman–Crippen LogP) is 1.56. The van der Waals surface area contributed by atoms with E-state index in [1.807, 2.05) is 11.4 Å². The second-order valence-corrected chi connectivity index (χ2v) is 4.14. The molecule has 4 nitrogen and oxygen atoms in total. The first-order valence-electron chi connectivity index (χ1n) is 4.51. The summed E-state index contributed by atoms with van der Waals surface area (Å²) in [6, 6.07) is 3.71. The van der Waals surface area contributed by atoms with Crippen LogP contribution in [0.3, 0.4) is 0 Å². The summed E-state index contributed by atoms with van der Waals surface area (Å²) in [4.78, 5) is 11.3. The molecule has 0 amide bonds. The summed E-state index contributed by atoms with van der Waals surface area (Å²) in [6.07, 6.45) is 0. The van der Waals surface area contributed by atoms with E-state index in [0.717, 1.165) is 10.2 Å². The van der Waals surface area contributed by atoms with E-state index in [1.54, 1.807) is 29.1 Å². The van der Waals surface area contributed by atoms with Crippen LogP contribution in [0.1, 0.15) is 17.3 Å². The minimum Gasteiger partial charge on any atom is -0.327 e. The molecule has 0 atom stereocenters. The van der Waals surface area contributed by atoms with Crippen molar-refractivity contribution in [1.29, 1.82) is 5.41 Å². The van der Waals surface area contributed by atoms with Crippen molar-refractivity contribution in [3.8, 4) is 0 Å². The number of thiophene rings is 1. The average molecular weight is 221 g/mol. The zero-order valence-corrected chi connectivity index (χ0v) is 9.31. The monoisotopic (exact) mass is 221 g/mol. The number of pyridine rings is 1. The number of hydrogen-bond acceptors (Lipinski definition) is 4. The summed E-state index contributed by atoms with van der Waals surface area (Å²) in [6.45, 7) is 1.48. The molecule has 2 heterocycles. The summed E-state index contributed by atoms with van der Waals surface area (Å²) in [5.74, 6) is -0.0840. The molecular formula is C10H11N3OS. The molecule has 0 aliphatic heterocycles. The van der Waals surface area contributed by atoms with Gasteiger partial charge in [-0.15, -0.1) is 11.3 Å². The van der Waals surface area contributed by atoms with Crippen LogP contribution in [0.25, 0.3) is 10.2 Å². The van der Waals surface area contributed by atoms with Gasteiger partial charge in [0.05, 0.1) is 15.8 Å². The number of nitrogens with zero attached hydrogens (tertiary/aromatic N) is 1. The molecule has 15 heavy (non-hydrogen) atoms. The van der Waals surface area contributed by atoms with Crippen LogP contribution in [0.2, 0.25) is 0 Å². The molecule has 0 radical (unpaired) electrons. The van der Waals surface area contributed by atoms with Crippen LogP contribution in [0.15, 0.2) is 17.5 Å². The third-order valence-electron chi connectivity index (χ3n) is 2.27. The highest BCUT2D eigenvalue weighted by atomic mass is 32.1. The Balaban J connectivity index is 2.91. The number of nitrogens with one attached hydrogen (secondary N) is 2. The second-order valence-electron chi connectivity index (χ2n) is 3.19. The van der Waals surface area contributed by atoms with Crippen molar-refractivity contribution in [2.45, 2.75) is 6.92 Å². The molecule has 2 rings (SSSR count). The van der Waals surface area contributed by atoms with E-state index < -0.39 is 0 Å².